The lowest BCUT2D eigenvalue weighted by Gasteiger charge is -2.29. The van der Waals surface area contributed by atoms with Crippen LogP contribution in [0.1, 0.15) is 10.4 Å². The summed E-state index contributed by atoms with van der Waals surface area (Å²) in [5, 5.41) is 4.10. The van der Waals surface area contributed by atoms with E-state index in [0.29, 0.717) is 48.3 Å². The molecule has 0 saturated carbocycles. The second kappa shape index (κ2) is 6.00. The number of nitrogens with zero attached hydrogens (tertiary/aromatic N) is 2. The highest BCUT2D eigenvalue weighted by Crippen LogP contribution is 2.38. The van der Waals surface area contributed by atoms with Crippen LogP contribution in [0.4, 0.5) is 5.69 Å². The van der Waals surface area contributed by atoms with Gasteiger partial charge in [0, 0.05) is 53.6 Å². The Labute approximate surface area is 157 Å². The predicted octanol–water partition coefficient (Wildman–Crippen LogP) is 1.36. The Hall–Kier alpha value is -2.00. The van der Waals surface area contributed by atoms with Crippen molar-refractivity contribution in [1.82, 2.24) is 9.21 Å². The van der Waals surface area contributed by atoms with Crippen molar-refractivity contribution in [2.75, 3.05) is 45.2 Å². The van der Waals surface area contributed by atoms with E-state index in [1.54, 1.807) is 34.6 Å². The fourth-order valence-corrected chi connectivity index (χ4v) is 6.17. The van der Waals surface area contributed by atoms with Crippen molar-refractivity contribution in [1.29, 1.82) is 0 Å². The van der Waals surface area contributed by atoms with E-state index in [9.17, 15) is 13.2 Å². The molecule has 3 aliphatic rings. The van der Waals surface area contributed by atoms with Gasteiger partial charge in [-0.1, -0.05) is 12.1 Å². The van der Waals surface area contributed by atoms with Gasteiger partial charge in [-0.25, -0.2) is 8.42 Å². The van der Waals surface area contributed by atoms with Gasteiger partial charge >= 0.3 is 0 Å². The summed E-state index contributed by atoms with van der Waals surface area (Å²) in [7, 11) is -1.66. The Morgan fingerprint density at radius 2 is 1.96 bits per heavy atom. The number of benzene rings is 2. The molecule has 2 fully saturated rings. The van der Waals surface area contributed by atoms with Crippen molar-refractivity contribution < 1.29 is 17.9 Å². The van der Waals surface area contributed by atoms with Gasteiger partial charge in [0.25, 0.3) is 5.91 Å². The number of rotatable bonds is 2. The summed E-state index contributed by atoms with van der Waals surface area (Å²) < 4.78 is 34.5. The minimum absolute atomic E-state index is 0.0484. The van der Waals surface area contributed by atoms with Crippen LogP contribution in [0.3, 0.4) is 0 Å². The zero-order valence-electron chi connectivity index (χ0n) is 15.0. The Morgan fingerprint density at radius 3 is 2.81 bits per heavy atom. The lowest BCUT2D eigenvalue weighted by molar-refractivity contribution is 0.0727. The molecule has 3 aliphatic heterocycles. The quantitative estimate of drug-likeness (QED) is 0.842. The Bertz CT molecular complexity index is 1050. The van der Waals surface area contributed by atoms with Crippen molar-refractivity contribution in [2.45, 2.75) is 10.9 Å². The second-order valence-corrected chi connectivity index (χ2v) is 9.52. The van der Waals surface area contributed by atoms with Crippen molar-refractivity contribution in [3.63, 3.8) is 0 Å². The van der Waals surface area contributed by atoms with Crippen LogP contribution in [0, 0.1) is 5.92 Å². The van der Waals surface area contributed by atoms with Gasteiger partial charge in [0.2, 0.25) is 10.0 Å². The number of likely N-dealkylation sites (N-methyl/N-ethyl adjacent to an activating group) is 1. The van der Waals surface area contributed by atoms with Crippen LogP contribution in [-0.2, 0) is 14.8 Å². The molecular weight excluding hydrogens is 366 g/mol. The molecule has 0 spiro atoms. The van der Waals surface area contributed by atoms with Crippen molar-refractivity contribution in [3.8, 4) is 0 Å². The van der Waals surface area contributed by atoms with Crippen LogP contribution in [0.15, 0.2) is 35.2 Å². The largest absolute Gasteiger partial charge is 0.379 e. The average Bonchev–Trinajstić information content (AvgIpc) is 2.75. The first kappa shape index (κ1) is 17.1. The standard InChI is InChI=1S/C19H21N3O4S/c1-21-7-12-8-22(9-13(21)11-26-10-12)27(24,25)17-6-5-16-18-14(17)3-2-4-15(18)19(23)20-16/h2-6,12-13H,7-11H2,1H3,(H,20,23)/t12-,13+/m1/s1. The van der Waals surface area contributed by atoms with E-state index >= 15 is 0 Å². The average molecular weight is 387 g/mol. The molecule has 27 heavy (non-hydrogen) atoms. The number of carbonyl (C=O) groups is 1. The van der Waals surface area contributed by atoms with Gasteiger partial charge in [0.1, 0.15) is 0 Å². The van der Waals surface area contributed by atoms with E-state index < -0.39 is 10.0 Å². The van der Waals surface area contributed by atoms with Crippen LogP contribution in [0.5, 0.6) is 0 Å². The lowest BCUT2D eigenvalue weighted by Crippen LogP contribution is -2.44. The third-order valence-corrected chi connectivity index (χ3v) is 7.71. The van der Waals surface area contributed by atoms with Crippen LogP contribution >= 0.6 is 0 Å². The molecule has 2 saturated heterocycles. The number of anilines is 1. The van der Waals surface area contributed by atoms with Crippen LogP contribution in [0.25, 0.3) is 10.8 Å². The molecule has 2 aromatic carbocycles. The summed E-state index contributed by atoms with van der Waals surface area (Å²) in [5.41, 5.74) is 1.20. The molecule has 0 aromatic heterocycles. The molecule has 2 aromatic rings. The highest BCUT2D eigenvalue weighted by Gasteiger charge is 2.38. The Kier molecular flexibility index (Phi) is 3.80. The number of sulfonamides is 1. The molecule has 0 unspecified atom stereocenters. The maximum Gasteiger partial charge on any atom is 0.256 e. The third kappa shape index (κ3) is 2.59. The molecule has 2 atom stereocenters. The molecular formula is C19H21N3O4S. The zero-order chi connectivity index (χ0) is 18.8. The van der Waals surface area contributed by atoms with Crippen molar-refractivity contribution >= 4 is 32.4 Å². The topological polar surface area (TPSA) is 79.0 Å². The number of amides is 1. The summed E-state index contributed by atoms with van der Waals surface area (Å²) >= 11 is 0. The molecule has 2 bridgehead atoms. The first-order chi connectivity index (χ1) is 12.9. The van der Waals surface area contributed by atoms with Gasteiger partial charge < -0.3 is 10.1 Å². The van der Waals surface area contributed by atoms with Gasteiger partial charge in [-0.3, -0.25) is 9.69 Å². The fourth-order valence-electron chi connectivity index (χ4n) is 4.43. The van der Waals surface area contributed by atoms with Crippen LogP contribution < -0.4 is 5.32 Å². The summed E-state index contributed by atoms with van der Waals surface area (Å²) in [5.74, 6) is -0.0365. The van der Waals surface area contributed by atoms with E-state index in [1.807, 2.05) is 7.05 Å². The first-order valence-corrected chi connectivity index (χ1v) is 10.5. The van der Waals surface area contributed by atoms with Crippen molar-refractivity contribution in [2.24, 2.45) is 5.92 Å². The van der Waals surface area contributed by atoms with E-state index in [4.69, 9.17) is 4.74 Å². The Balaban J connectivity index is 1.63. The molecule has 1 N–H and O–H groups in total. The fraction of sp³-hybridized carbons (Fsp3) is 0.421. The molecule has 0 radical (unpaired) electrons. The summed E-state index contributed by atoms with van der Waals surface area (Å²) in [6, 6.07) is 8.61. The Morgan fingerprint density at radius 1 is 1.11 bits per heavy atom. The summed E-state index contributed by atoms with van der Waals surface area (Å²) in [4.78, 5) is 14.6. The predicted molar refractivity (Wildman–Crippen MR) is 101 cm³/mol. The third-order valence-electron chi connectivity index (χ3n) is 5.82. The van der Waals surface area contributed by atoms with Crippen molar-refractivity contribution in [3.05, 3.63) is 35.9 Å². The van der Waals surface area contributed by atoms with Crippen LogP contribution in [0.2, 0.25) is 0 Å². The number of carbonyl (C=O) groups excluding carboxylic acids is 1. The first-order valence-electron chi connectivity index (χ1n) is 9.10. The maximum atomic E-state index is 13.6. The normalized spacial score (nSPS) is 26.2. The smallest absolute Gasteiger partial charge is 0.256 e. The number of ether oxygens (including phenoxy) is 1. The minimum atomic E-state index is -3.69. The van der Waals surface area contributed by atoms with Gasteiger partial charge in [0.15, 0.2) is 0 Å². The molecule has 8 heteroatoms. The highest BCUT2D eigenvalue weighted by atomic mass is 32.2. The van der Waals surface area contributed by atoms with Gasteiger partial charge in [-0.15, -0.1) is 0 Å². The number of fused-ring (bicyclic) bond motifs is 3. The van der Waals surface area contributed by atoms with E-state index in [0.717, 1.165) is 6.54 Å². The SMILES string of the molecule is CN1C[C@H]2COC[C@@H]1CN(S(=O)(=O)c1ccc3c4c(cccc14)C(=O)N3)C2. The minimum Gasteiger partial charge on any atom is -0.379 e. The number of nitrogens with one attached hydrogen (secondary N) is 1. The molecule has 0 aliphatic carbocycles. The monoisotopic (exact) mass is 387 g/mol. The number of hydrogen-bond donors (Lipinski definition) is 1. The van der Waals surface area contributed by atoms with Gasteiger partial charge in [-0.05, 0) is 25.2 Å². The molecule has 5 rings (SSSR count). The lowest BCUT2D eigenvalue weighted by atomic mass is 10.1. The summed E-state index contributed by atoms with van der Waals surface area (Å²) in [6.45, 7) is 2.81. The number of hydrogen-bond acceptors (Lipinski definition) is 5. The van der Waals surface area contributed by atoms with Crippen LogP contribution in [-0.4, -0.2) is 69.5 Å². The molecule has 3 heterocycles. The van der Waals surface area contributed by atoms with E-state index in [1.165, 1.54) is 0 Å². The molecule has 142 valence electrons. The van der Waals surface area contributed by atoms with Gasteiger partial charge in [0.05, 0.1) is 18.1 Å². The summed E-state index contributed by atoms with van der Waals surface area (Å²) in [6.07, 6.45) is 0. The second-order valence-electron chi connectivity index (χ2n) is 7.61. The maximum absolute atomic E-state index is 13.6. The van der Waals surface area contributed by atoms with E-state index in [2.05, 4.69) is 10.2 Å². The molecule has 1 amide bonds. The van der Waals surface area contributed by atoms with E-state index in [-0.39, 0.29) is 22.8 Å². The highest BCUT2D eigenvalue weighted by molar-refractivity contribution is 7.89. The molecule has 7 nitrogen and oxygen atoms in total. The zero-order valence-corrected chi connectivity index (χ0v) is 15.8. The van der Waals surface area contributed by atoms with Gasteiger partial charge in [-0.2, -0.15) is 4.31 Å².